The van der Waals surface area contributed by atoms with Gasteiger partial charge in [-0.3, -0.25) is 9.88 Å². The van der Waals surface area contributed by atoms with Gasteiger partial charge in [-0.2, -0.15) is 0 Å². The first-order chi connectivity index (χ1) is 16.7. The molecule has 1 fully saturated rings. The van der Waals surface area contributed by atoms with Crippen molar-refractivity contribution in [2.24, 2.45) is 17.4 Å². The summed E-state index contributed by atoms with van der Waals surface area (Å²) in [4.78, 5) is 6.45. The van der Waals surface area contributed by atoms with Gasteiger partial charge >= 0.3 is 0 Å². The molecule has 35 heavy (non-hydrogen) atoms. The molecule has 3 aromatic rings. The normalized spacial score (nSPS) is 22.2. The van der Waals surface area contributed by atoms with Crippen molar-refractivity contribution in [3.8, 4) is 0 Å². The van der Waals surface area contributed by atoms with E-state index in [-0.39, 0.29) is 17.7 Å². The molecule has 2 unspecified atom stereocenters. The number of nitrogens with two attached hydrogens (primary N) is 2. The number of pyridine rings is 1. The topological polar surface area (TPSA) is 88.4 Å². The van der Waals surface area contributed by atoms with Crippen molar-refractivity contribution in [2.45, 2.75) is 45.3 Å². The molecule has 1 aliphatic rings. The number of aliphatic hydroxyl groups is 1. The molecule has 6 heteroatoms. The van der Waals surface area contributed by atoms with Crippen molar-refractivity contribution in [3.63, 3.8) is 0 Å². The zero-order valence-electron chi connectivity index (χ0n) is 20.7. The summed E-state index contributed by atoms with van der Waals surface area (Å²) in [5, 5.41) is 11.8. The van der Waals surface area contributed by atoms with E-state index >= 15 is 4.39 Å². The maximum atomic E-state index is 15.3. The molecule has 0 radical (unpaired) electrons. The molecule has 1 saturated heterocycles. The molecule has 0 aliphatic carbocycles. The second kappa shape index (κ2) is 10.2. The van der Waals surface area contributed by atoms with Crippen LogP contribution in [-0.2, 0) is 6.54 Å². The SMILES string of the molecule is CC(C)/C(N)=C/C=C(\N)c1ccc(CN2CCC(c3ccc4ncccc4c3F)C(C)(O)C2)cc1. The molecular weight excluding hydrogens is 439 g/mol. The Morgan fingerprint density at radius 1 is 1.17 bits per heavy atom. The number of hydrogen-bond acceptors (Lipinski definition) is 5. The fraction of sp³-hybridized carbons (Fsp3) is 0.345. The van der Waals surface area contributed by atoms with E-state index in [4.69, 9.17) is 11.5 Å². The van der Waals surface area contributed by atoms with E-state index in [2.05, 4.69) is 22.0 Å². The Balaban J connectivity index is 1.44. The number of benzene rings is 2. The van der Waals surface area contributed by atoms with Gasteiger partial charge in [-0.25, -0.2) is 4.39 Å². The largest absolute Gasteiger partial charge is 0.402 e. The Morgan fingerprint density at radius 3 is 2.60 bits per heavy atom. The number of likely N-dealkylation sites (tertiary alicyclic amines) is 1. The Hall–Kier alpha value is -3.22. The zero-order chi connectivity index (χ0) is 25.2. The van der Waals surface area contributed by atoms with Gasteiger partial charge in [0.1, 0.15) is 5.82 Å². The average Bonchev–Trinajstić information content (AvgIpc) is 2.83. The summed E-state index contributed by atoms with van der Waals surface area (Å²) in [5.74, 6) is -0.278. The van der Waals surface area contributed by atoms with Crippen LogP contribution in [0.4, 0.5) is 4.39 Å². The van der Waals surface area contributed by atoms with Crippen LogP contribution >= 0.6 is 0 Å². The fourth-order valence-electron chi connectivity index (χ4n) is 4.83. The van der Waals surface area contributed by atoms with E-state index in [0.717, 1.165) is 23.4 Å². The van der Waals surface area contributed by atoms with E-state index < -0.39 is 5.60 Å². The molecule has 2 atom stereocenters. The highest BCUT2D eigenvalue weighted by atomic mass is 19.1. The minimum Gasteiger partial charge on any atom is -0.402 e. The second-order valence-electron chi connectivity index (χ2n) is 10.1. The summed E-state index contributed by atoms with van der Waals surface area (Å²) < 4.78 is 15.3. The third kappa shape index (κ3) is 5.55. The van der Waals surface area contributed by atoms with Crippen LogP contribution in [0.2, 0.25) is 0 Å². The lowest BCUT2D eigenvalue weighted by molar-refractivity contribution is -0.0379. The third-order valence-corrected chi connectivity index (χ3v) is 6.97. The first-order valence-corrected chi connectivity index (χ1v) is 12.2. The number of allylic oxidation sites excluding steroid dienone is 3. The van der Waals surface area contributed by atoms with Crippen LogP contribution in [0.1, 0.15) is 49.8 Å². The van der Waals surface area contributed by atoms with Gasteiger partial charge < -0.3 is 16.6 Å². The highest BCUT2D eigenvalue weighted by Gasteiger charge is 2.40. The number of piperidine rings is 1. The number of aromatic nitrogens is 1. The lowest BCUT2D eigenvalue weighted by Gasteiger charge is -2.43. The maximum absolute atomic E-state index is 15.3. The number of nitrogens with zero attached hydrogens (tertiary/aromatic N) is 2. The standard InChI is InChI=1S/C29H35FN4O/c1-19(2)25(31)11-12-26(32)21-8-6-20(7-9-21)17-34-16-14-24(29(3,35)18-34)22-10-13-27-23(28(22)30)5-4-15-33-27/h4-13,15,19,24,35H,14,16-18,31-32H2,1-3H3/b25-11-,26-12-. The van der Waals surface area contributed by atoms with Crippen LogP contribution in [0.5, 0.6) is 0 Å². The maximum Gasteiger partial charge on any atom is 0.136 e. The summed E-state index contributed by atoms with van der Waals surface area (Å²) in [6.07, 6.45) is 6.03. The van der Waals surface area contributed by atoms with Crippen molar-refractivity contribution in [1.82, 2.24) is 9.88 Å². The Bertz CT molecular complexity index is 1250. The molecular formula is C29H35FN4O. The van der Waals surface area contributed by atoms with Gasteiger partial charge in [-0.15, -0.1) is 0 Å². The zero-order valence-corrected chi connectivity index (χ0v) is 20.7. The molecule has 2 aromatic carbocycles. The smallest absolute Gasteiger partial charge is 0.136 e. The molecule has 1 aromatic heterocycles. The Kier molecular flexibility index (Phi) is 7.24. The highest BCUT2D eigenvalue weighted by molar-refractivity contribution is 5.80. The second-order valence-corrected chi connectivity index (χ2v) is 10.1. The van der Waals surface area contributed by atoms with E-state index in [0.29, 0.717) is 41.7 Å². The van der Waals surface area contributed by atoms with Crippen LogP contribution in [0.15, 0.2) is 72.6 Å². The molecule has 0 spiro atoms. The first-order valence-electron chi connectivity index (χ1n) is 12.2. The van der Waals surface area contributed by atoms with E-state index in [1.165, 1.54) is 0 Å². The first kappa shape index (κ1) is 24.9. The number of fused-ring (bicyclic) bond motifs is 1. The predicted octanol–water partition coefficient (Wildman–Crippen LogP) is 4.91. The molecule has 4 rings (SSSR count). The van der Waals surface area contributed by atoms with Gasteiger partial charge in [0.25, 0.3) is 0 Å². The van der Waals surface area contributed by atoms with Crippen molar-refractivity contribution in [1.29, 1.82) is 0 Å². The quantitative estimate of drug-likeness (QED) is 0.442. The van der Waals surface area contributed by atoms with Crippen molar-refractivity contribution in [2.75, 3.05) is 13.1 Å². The van der Waals surface area contributed by atoms with Crippen molar-refractivity contribution < 1.29 is 9.50 Å². The average molecular weight is 475 g/mol. The van der Waals surface area contributed by atoms with Gasteiger partial charge in [-0.05, 0) is 72.8 Å². The van der Waals surface area contributed by atoms with E-state index in [1.54, 1.807) is 24.4 Å². The molecule has 184 valence electrons. The molecule has 0 amide bonds. The predicted molar refractivity (Wildman–Crippen MR) is 141 cm³/mol. The molecule has 0 bridgehead atoms. The number of halogens is 1. The van der Waals surface area contributed by atoms with Crippen LogP contribution in [0.25, 0.3) is 16.6 Å². The minimum atomic E-state index is -1.05. The Labute approximate surface area is 207 Å². The fourth-order valence-corrected chi connectivity index (χ4v) is 4.83. The summed E-state index contributed by atoms with van der Waals surface area (Å²) in [6, 6.07) is 15.2. The number of hydrogen-bond donors (Lipinski definition) is 3. The van der Waals surface area contributed by atoms with Crippen molar-refractivity contribution >= 4 is 16.6 Å². The Morgan fingerprint density at radius 2 is 1.91 bits per heavy atom. The van der Waals surface area contributed by atoms with Gasteiger partial charge in [-0.1, -0.05) is 44.2 Å². The van der Waals surface area contributed by atoms with Crippen molar-refractivity contribution in [3.05, 3.63) is 95.1 Å². The molecule has 2 heterocycles. The third-order valence-electron chi connectivity index (χ3n) is 6.97. The van der Waals surface area contributed by atoms with E-state index in [1.807, 2.05) is 51.1 Å². The molecule has 5 nitrogen and oxygen atoms in total. The molecule has 5 N–H and O–H groups in total. The lowest BCUT2D eigenvalue weighted by atomic mass is 9.77. The van der Waals surface area contributed by atoms with Crippen LogP contribution in [-0.4, -0.2) is 33.7 Å². The van der Waals surface area contributed by atoms with Gasteiger partial charge in [0, 0.05) is 42.0 Å². The summed E-state index contributed by atoms with van der Waals surface area (Å²) in [6.45, 7) is 7.83. The summed E-state index contributed by atoms with van der Waals surface area (Å²) >= 11 is 0. The van der Waals surface area contributed by atoms with Gasteiger partial charge in [0.05, 0.1) is 11.1 Å². The molecule has 0 saturated carbocycles. The van der Waals surface area contributed by atoms with Crippen LogP contribution < -0.4 is 11.5 Å². The summed E-state index contributed by atoms with van der Waals surface area (Å²) in [7, 11) is 0. The van der Waals surface area contributed by atoms with Gasteiger partial charge in [0.2, 0.25) is 0 Å². The minimum absolute atomic E-state index is 0.275. The highest BCUT2D eigenvalue weighted by Crippen LogP contribution is 2.39. The van der Waals surface area contributed by atoms with Crippen LogP contribution in [0, 0.1) is 11.7 Å². The van der Waals surface area contributed by atoms with Gasteiger partial charge in [0.15, 0.2) is 0 Å². The number of β-amino-alcohol motifs (C(OH)–C–C–N with tert-alkyl or cyclic N) is 1. The van der Waals surface area contributed by atoms with Crippen LogP contribution in [0.3, 0.4) is 0 Å². The number of rotatable bonds is 6. The lowest BCUT2D eigenvalue weighted by Crippen LogP contribution is -2.50. The molecule has 1 aliphatic heterocycles. The summed E-state index contributed by atoms with van der Waals surface area (Å²) in [5.41, 5.74) is 15.9. The monoisotopic (exact) mass is 474 g/mol. The van der Waals surface area contributed by atoms with E-state index in [9.17, 15) is 5.11 Å².